The number of hydrogen-bond donors (Lipinski definition) is 0. The lowest BCUT2D eigenvalue weighted by molar-refractivity contribution is -0.394. The van der Waals surface area contributed by atoms with Crippen molar-refractivity contribution < 1.29 is 14.6 Å². The lowest BCUT2D eigenvalue weighted by Crippen LogP contribution is -2.47. The second kappa shape index (κ2) is 6.93. The van der Waals surface area contributed by atoms with Gasteiger partial charge in [-0.05, 0) is 44.6 Å². The van der Waals surface area contributed by atoms with Gasteiger partial charge in [-0.1, -0.05) is 17.7 Å². The maximum Gasteiger partial charge on any atom is 0.289 e. The number of nitrogens with zero attached hydrogens (tertiary/aromatic N) is 4. The number of likely N-dealkylation sites (tertiary alicyclic amines) is 1. The van der Waals surface area contributed by atoms with Crippen molar-refractivity contribution in [1.29, 1.82) is 0 Å². The highest BCUT2D eigenvalue weighted by molar-refractivity contribution is 6.10. The van der Waals surface area contributed by atoms with Gasteiger partial charge in [-0.15, -0.1) is 0 Å². The number of hydrogen-bond acceptors (Lipinski definition) is 6. The van der Waals surface area contributed by atoms with Gasteiger partial charge in [0.1, 0.15) is 5.56 Å². The van der Waals surface area contributed by atoms with Crippen LogP contribution in [0.1, 0.15) is 33.8 Å². The summed E-state index contributed by atoms with van der Waals surface area (Å²) in [5.41, 5.74) is 1.83. The van der Waals surface area contributed by atoms with Crippen LogP contribution in [0.2, 0.25) is 0 Å². The van der Waals surface area contributed by atoms with E-state index in [0.29, 0.717) is 0 Å². The Hall–Kier alpha value is -3.33. The number of non-ortho nitro benzene ring substituents is 1. The normalized spacial score (nSPS) is 20.8. The number of fused-ring (bicyclic) bond motifs is 3. The molecule has 2 aliphatic heterocycles. The number of nitro groups is 2. The van der Waals surface area contributed by atoms with E-state index in [-0.39, 0.29) is 17.5 Å². The molecule has 0 aromatic heterocycles. The van der Waals surface area contributed by atoms with Crippen LogP contribution in [-0.4, -0.2) is 46.8 Å². The summed E-state index contributed by atoms with van der Waals surface area (Å²) in [5.74, 6) is -0.363. The number of piperidine rings is 1. The van der Waals surface area contributed by atoms with Gasteiger partial charge < -0.3 is 9.80 Å². The van der Waals surface area contributed by atoms with Crippen LogP contribution < -0.4 is 4.90 Å². The molecule has 2 aromatic rings. The Bertz CT molecular complexity index is 1040. The molecule has 0 spiro atoms. The van der Waals surface area contributed by atoms with Gasteiger partial charge in [0.2, 0.25) is 0 Å². The van der Waals surface area contributed by atoms with Crippen molar-refractivity contribution in [3.8, 4) is 0 Å². The lowest BCUT2D eigenvalue weighted by Gasteiger charge is -2.36. The molecule has 29 heavy (non-hydrogen) atoms. The van der Waals surface area contributed by atoms with Crippen molar-refractivity contribution in [2.75, 3.05) is 25.0 Å². The molecule has 2 aliphatic rings. The molecule has 0 aliphatic carbocycles. The molecule has 0 saturated carbocycles. The number of amides is 1. The first kappa shape index (κ1) is 19.0. The largest absolute Gasteiger partial charge is 0.306 e. The van der Waals surface area contributed by atoms with Crippen molar-refractivity contribution in [3.05, 3.63) is 73.3 Å². The Kier molecular flexibility index (Phi) is 4.54. The Balaban J connectivity index is 1.81. The summed E-state index contributed by atoms with van der Waals surface area (Å²) >= 11 is 0. The smallest absolute Gasteiger partial charge is 0.289 e. The highest BCUT2D eigenvalue weighted by Crippen LogP contribution is 2.46. The Morgan fingerprint density at radius 2 is 1.86 bits per heavy atom. The third kappa shape index (κ3) is 3.13. The summed E-state index contributed by atoms with van der Waals surface area (Å²) in [7, 11) is 2.04. The minimum atomic E-state index is -0.738. The number of aryl methyl sites for hydroxylation is 1. The van der Waals surface area contributed by atoms with Gasteiger partial charge in [0.25, 0.3) is 17.3 Å². The van der Waals surface area contributed by atoms with E-state index in [1.807, 2.05) is 26.1 Å². The molecule has 1 fully saturated rings. The SMILES string of the molecule is Cc1ccc2c(c1)[C@H]1CN(C)CC[C@@H]1N2C(=O)c1ccc([N+](=O)[O-])cc1[N+](=O)[O-]. The van der Waals surface area contributed by atoms with Crippen LogP contribution in [0.25, 0.3) is 0 Å². The van der Waals surface area contributed by atoms with Crippen LogP contribution in [0.15, 0.2) is 36.4 Å². The number of likely N-dealkylation sites (N-methyl/N-ethyl adjacent to an activating group) is 1. The van der Waals surface area contributed by atoms with Gasteiger partial charge in [0.15, 0.2) is 0 Å². The standard InChI is InChI=1S/C20H20N4O5/c1-12-3-6-17-15(9-12)16-11-21(2)8-7-18(16)22(17)20(25)14-5-4-13(23(26)27)10-19(14)24(28)29/h3-6,9-10,16,18H,7-8,11H2,1-2H3/t16-,18+/m1/s1. The molecule has 4 rings (SSSR count). The van der Waals surface area contributed by atoms with Crippen LogP contribution in [-0.2, 0) is 0 Å². The molecule has 1 amide bonds. The van der Waals surface area contributed by atoms with E-state index >= 15 is 0 Å². The highest BCUT2D eigenvalue weighted by Gasteiger charge is 2.45. The predicted octanol–water partition coefficient (Wildman–Crippen LogP) is 3.26. The van der Waals surface area contributed by atoms with Crippen molar-refractivity contribution in [2.45, 2.75) is 25.3 Å². The van der Waals surface area contributed by atoms with E-state index < -0.39 is 27.1 Å². The molecular weight excluding hydrogens is 376 g/mol. The zero-order chi connectivity index (χ0) is 20.9. The third-order valence-corrected chi connectivity index (χ3v) is 5.79. The van der Waals surface area contributed by atoms with Crippen molar-refractivity contribution >= 4 is 23.0 Å². The van der Waals surface area contributed by atoms with Crippen molar-refractivity contribution in [1.82, 2.24) is 4.90 Å². The van der Waals surface area contributed by atoms with Crippen LogP contribution in [0.5, 0.6) is 0 Å². The zero-order valence-electron chi connectivity index (χ0n) is 16.1. The summed E-state index contributed by atoms with van der Waals surface area (Å²) in [4.78, 5) is 38.5. The van der Waals surface area contributed by atoms with Crippen molar-refractivity contribution in [2.24, 2.45) is 0 Å². The van der Waals surface area contributed by atoms with Gasteiger partial charge in [-0.3, -0.25) is 25.0 Å². The van der Waals surface area contributed by atoms with E-state index in [9.17, 15) is 25.0 Å². The molecule has 2 heterocycles. The van der Waals surface area contributed by atoms with Gasteiger partial charge in [-0.25, -0.2) is 0 Å². The minimum Gasteiger partial charge on any atom is -0.306 e. The molecule has 2 atom stereocenters. The predicted molar refractivity (Wildman–Crippen MR) is 106 cm³/mol. The molecule has 0 unspecified atom stereocenters. The van der Waals surface area contributed by atoms with Crippen LogP contribution >= 0.6 is 0 Å². The molecule has 150 valence electrons. The average Bonchev–Trinajstić information content (AvgIpc) is 2.99. The molecule has 0 radical (unpaired) electrons. The summed E-state index contributed by atoms with van der Waals surface area (Å²) in [6.45, 7) is 3.61. The van der Waals surface area contributed by atoms with Gasteiger partial charge >= 0.3 is 0 Å². The number of nitro benzene ring substituents is 2. The fraction of sp³-hybridized carbons (Fsp3) is 0.350. The van der Waals surface area contributed by atoms with Crippen LogP contribution in [0.4, 0.5) is 17.1 Å². The quantitative estimate of drug-likeness (QED) is 0.582. The van der Waals surface area contributed by atoms with E-state index in [0.717, 1.165) is 48.5 Å². The Morgan fingerprint density at radius 3 is 2.55 bits per heavy atom. The van der Waals surface area contributed by atoms with E-state index in [2.05, 4.69) is 11.0 Å². The van der Waals surface area contributed by atoms with Crippen LogP contribution in [0.3, 0.4) is 0 Å². The van der Waals surface area contributed by atoms with E-state index in [1.165, 1.54) is 6.07 Å². The van der Waals surface area contributed by atoms with Gasteiger partial charge in [0.05, 0.1) is 15.9 Å². The topological polar surface area (TPSA) is 110 Å². The Labute approximate surface area is 166 Å². The summed E-state index contributed by atoms with van der Waals surface area (Å²) in [5, 5.41) is 22.5. The summed E-state index contributed by atoms with van der Waals surface area (Å²) < 4.78 is 0. The number of benzene rings is 2. The summed E-state index contributed by atoms with van der Waals surface area (Å²) in [6.07, 6.45) is 0.751. The molecule has 0 bridgehead atoms. The zero-order valence-corrected chi connectivity index (χ0v) is 16.1. The fourth-order valence-electron chi connectivity index (χ4n) is 4.44. The second-order valence-electron chi connectivity index (χ2n) is 7.68. The number of anilines is 1. The summed E-state index contributed by atoms with van der Waals surface area (Å²) in [6, 6.07) is 8.97. The van der Waals surface area contributed by atoms with E-state index in [4.69, 9.17) is 0 Å². The minimum absolute atomic E-state index is 0.0923. The highest BCUT2D eigenvalue weighted by atomic mass is 16.6. The first-order valence-electron chi connectivity index (χ1n) is 9.33. The first-order chi connectivity index (χ1) is 13.8. The van der Waals surface area contributed by atoms with Gasteiger partial charge in [-0.2, -0.15) is 0 Å². The Morgan fingerprint density at radius 1 is 1.10 bits per heavy atom. The molecule has 1 saturated heterocycles. The number of carbonyl (C=O) groups excluding carboxylic acids is 1. The fourth-order valence-corrected chi connectivity index (χ4v) is 4.44. The first-order valence-corrected chi connectivity index (χ1v) is 9.33. The average molecular weight is 396 g/mol. The number of rotatable bonds is 3. The maximum atomic E-state index is 13.5. The second-order valence-corrected chi connectivity index (χ2v) is 7.68. The molecule has 0 N–H and O–H groups in total. The molecule has 2 aromatic carbocycles. The van der Waals surface area contributed by atoms with E-state index in [1.54, 1.807) is 4.90 Å². The molecular formula is C20H20N4O5. The third-order valence-electron chi connectivity index (χ3n) is 5.79. The van der Waals surface area contributed by atoms with Crippen LogP contribution in [0, 0.1) is 27.2 Å². The monoisotopic (exact) mass is 396 g/mol. The molecule has 9 heteroatoms. The number of carbonyl (C=O) groups is 1. The van der Waals surface area contributed by atoms with Gasteiger partial charge in [0, 0.05) is 30.3 Å². The molecule has 9 nitrogen and oxygen atoms in total. The lowest BCUT2D eigenvalue weighted by atomic mass is 9.88. The maximum absolute atomic E-state index is 13.5. The van der Waals surface area contributed by atoms with Crippen molar-refractivity contribution in [3.63, 3.8) is 0 Å².